The zero-order chi connectivity index (χ0) is 22.8. The molecule has 2 aromatic rings. The molecule has 2 aromatic carbocycles. The fraction of sp³-hybridized carbons (Fsp3) is 0.391. The molecule has 0 bridgehead atoms. The van der Waals surface area contributed by atoms with Crippen LogP contribution in [0, 0.1) is 5.82 Å². The Kier molecular flexibility index (Phi) is 6.30. The summed E-state index contributed by atoms with van der Waals surface area (Å²) in [6.07, 6.45) is 1.86. The van der Waals surface area contributed by atoms with Gasteiger partial charge < -0.3 is 5.32 Å². The van der Waals surface area contributed by atoms with Crippen molar-refractivity contribution >= 4 is 22.0 Å². The van der Waals surface area contributed by atoms with E-state index < -0.39 is 33.3 Å². The zero-order valence-electron chi connectivity index (χ0n) is 17.6. The van der Waals surface area contributed by atoms with E-state index in [0.29, 0.717) is 32.4 Å². The van der Waals surface area contributed by atoms with Crippen molar-refractivity contribution in [3.8, 4) is 0 Å². The fourth-order valence-electron chi connectivity index (χ4n) is 4.49. The predicted molar refractivity (Wildman–Crippen MR) is 118 cm³/mol. The van der Waals surface area contributed by atoms with Crippen molar-refractivity contribution in [1.29, 1.82) is 0 Å². The smallest absolute Gasteiger partial charge is 0.322 e. The van der Waals surface area contributed by atoms with Crippen molar-refractivity contribution in [2.45, 2.75) is 37.1 Å². The molecule has 0 aliphatic carbocycles. The fourth-order valence-corrected chi connectivity index (χ4v) is 6.41. The number of nitrogens with zero attached hydrogens (tertiary/aromatic N) is 1. The molecule has 2 saturated heterocycles. The number of benzene rings is 2. The highest BCUT2D eigenvalue weighted by molar-refractivity contribution is 7.89. The molecule has 0 radical (unpaired) electrons. The van der Waals surface area contributed by atoms with Crippen molar-refractivity contribution < 1.29 is 22.4 Å². The van der Waals surface area contributed by atoms with Crippen LogP contribution in [0.3, 0.4) is 0 Å². The number of halogens is 1. The second kappa shape index (κ2) is 8.99. The number of aryl methyl sites for hydroxylation is 1. The predicted octanol–water partition coefficient (Wildman–Crippen LogP) is 2.55. The van der Waals surface area contributed by atoms with Gasteiger partial charge in [0, 0.05) is 13.1 Å². The minimum Gasteiger partial charge on any atom is -0.322 e. The highest BCUT2D eigenvalue weighted by atomic mass is 32.2. The van der Waals surface area contributed by atoms with Crippen LogP contribution in [0.4, 0.5) is 9.18 Å². The summed E-state index contributed by atoms with van der Waals surface area (Å²) in [5.41, 5.74) is 0.447. The zero-order valence-corrected chi connectivity index (χ0v) is 18.4. The number of amides is 3. The Morgan fingerprint density at radius 3 is 2.25 bits per heavy atom. The van der Waals surface area contributed by atoms with E-state index >= 15 is 0 Å². The SMILES string of the molecule is O=C1NC(=O)[C@](CCc2ccccc2)(CS(=O)(=O)N2CCC(c3ccc(F)cc3)CC2)N1. The van der Waals surface area contributed by atoms with Gasteiger partial charge in [0.25, 0.3) is 5.91 Å². The summed E-state index contributed by atoms with van der Waals surface area (Å²) in [7, 11) is -3.80. The summed E-state index contributed by atoms with van der Waals surface area (Å²) >= 11 is 0. The van der Waals surface area contributed by atoms with Crippen molar-refractivity contribution in [1.82, 2.24) is 14.9 Å². The topological polar surface area (TPSA) is 95.6 Å². The monoisotopic (exact) mass is 459 g/mol. The number of carbonyl (C=O) groups excluding carboxylic acids is 2. The van der Waals surface area contributed by atoms with Crippen LogP contribution in [0.15, 0.2) is 54.6 Å². The largest absolute Gasteiger partial charge is 0.322 e. The molecule has 9 heteroatoms. The first-order valence-corrected chi connectivity index (χ1v) is 12.3. The molecule has 2 heterocycles. The standard InChI is InChI=1S/C23H26FN3O4S/c24-20-8-6-18(7-9-20)19-11-14-27(15-12-19)32(30,31)16-23(21(28)25-22(29)26-23)13-10-17-4-2-1-3-5-17/h1-9,19H,10-16H2,(H2,25,26,28,29)/t23-/m0/s1. The third-order valence-corrected chi connectivity index (χ3v) is 8.32. The Hall–Kier alpha value is -2.78. The third kappa shape index (κ3) is 4.83. The Morgan fingerprint density at radius 1 is 1.00 bits per heavy atom. The number of hydrogen-bond donors (Lipinski definition) is 2. The van der Waals surface area contributed by atoms with Crippen molar-refractivity contribution in [2.24, 2.45) is 0 Å². The van der Waals surface area contributed by atoms with E-state index in [2.05, 4.69) is 10.6 Å². The Labute approximate surface area is 187 Å². The molecule has 0 spiro atoms. The van der Waals surface area contributed by atoms with Gasteiger partial charge in [0.15, 0.2) is 0 Å². The molecule has 0 unspecified atom stereocenters. The first-order chi connectivity index (χ1) is 15.3. The van der Waals surface area contributed by atoms with E-state index in [9.17, 15) is 22.4 Å². The van der Waals surface area contributed by atoms with Crippen LogP contribution >= 0.6 is 0 Å². The van der Waals surface area contributed by atoms with E-state index in [4.69, 9.17) is 0 Å². The van der Waals surface area contributed by atoms with E-state index in [-0.39, 0.29) is 18.2 Å². The van der Waals surface area contributed by atoms with E-state index in [1.165, 1.54) is 16.4 Å². The summed E-state index contributed by atoms with van der Waals surface area (Å²) < 4.78 is 41.1. The first-order valence-electron chi connectivity index (χ1n) is 10.7. The molecule has 170 valence electrons. The lowest BCUT2D eigenvalue weighted by Gasteiger charge is -2.34. The summed E-state index contributed by atoms with van der Waals surface area (Å²) in [5, 5.41) is 4.78. The lowest BCUT2D eigenvalue weighted by atomic mass is 9.90. The molecule has 0 saturated carbocycles. The number of piperidine rings is 1. The second-order valence-electron chi connectivity index (χ2n) is 8.46. The minimum absolute atomic E-state index is 0.156. The quantitative estimate of drug-likeness (QED) is 0.622. The lowest BCUT2D eigenvalue weighted by Crippen LogP contribution is -2.55. The Balaban J connectivity index is 1.45. The molecule has 2 aliphatic rings. The maximum absolute atomic E-state index is 13.2. The highest BCUT2D eigenvalue weighted by Gasteiger charge is 2.50. The van der Waals surface area contributed by atoms with Gasteiger partial charge in [-0.15, -0.1) is 0 Å². The summed E-state index contributed by atoms with van der Waals surface area (Å²) in [4.78, 5) is 24.5. The van der Waals surface area contributed by atoms with Crippen LogP contribution in [0.1, 0.15) is 36.3 Å². The van der Waals surface area contributed by atoms with Gasteiger partial charge in [-0.1, -0.05) is 42.5 Å². The number of hydrogen-bond acceptors (Lipinski definition) is 4. The number of nitrogens with one attached hydrogen (secondary N) is 2. The molecule has 1 atom stereocenters. The summed E-state index contributed by atoms with van der Waals surface area (Å²) in [6.45, 7) is 0.628. The van der Waals surface area contributed by atoms with E-state index in [1.807, 2.05) is 30.3 Å². The number of urea groups is 1. The highest BCUT2D eigenvalue weighted by Crippen LogP contribution is 2.31. The molecule has 4 rings (SSSR count). The van der Waals surface area contributed by atoms with Gasteiger partial charge in [0.1, 0.15) is 11.4 Å². The molecule has 7 nitrogen and oxygen atoms in total. The average molecular weight is 460 g/mol. The van der Waals surface area contributed by atoms with Crippen LogP contribution in [0.25, 0.3) is 0 Å². The Morgan fingerprint density at radius 2 is 1.66 bits per heavy atom. The number of rotatable bonds is 7. The first kappa shape index (κ1) is 22.4. The number of sulfonamides is 1. The van der Waals surface area contributed by atoms with Crippen LogP contribution in [0.2, 0.25) is 0 Å². The minimum atomic E-state index is -3.80. The molecule has 2 fully saturated rings. The maximum Gasteiger partial charge on any atom is 0.322 e. The van der Waals surface area contributed by atoms with Crippen LogP contribution in [0.5, 0.6) is 0 Å². The molecule has 2 aliphatic heterocycles. The van der Waals surface area contributed by atoms with Gasteiger partial charge in [-0.05, 0) is 54.9 Å². The molecule has 2 N–H and O–H groups in total. The van der Waals surface area contributed by atoms with Crippen LogP contribution in [-0.2, 0) is 21.2 Å². The van der Waals surface area contributed by atoms with Crippen molar-refractivity contribution in [3.63, 3.8) is 0 Å². The van der Waals surface area contributed by atoms with Gasteiger partial charge in [0.05, 0.1) is 5.75 Å². The van der Waals surface area contributed by atoms with Gasteiger partial charge >= 0.3 is 6.03 Å². The van der Waals surface area contributed by atoms with E-state index in [0.717, 1.165) is 11.1 Å². The number of carbonyl (C=O) groups is 2. The third-order valence-electron chi connectivity index (χ3n) is 6.32. The van der Waals surface area contributed by atoms with Gasteiger partial charge in [0.2, 0.25) is 10.0 Å². The summed E-state index contributed by atoms with van der Waals surface area (Å²) in [6, 6.07) is 15.1. The molecule has 0 aromatic heterocycles. The Bertz CT molecular complexity index is 1080. The summed E-state index contributed by atoms with van der Waals surface area (Å²) in [5.74, 6) is -1.23. The van der Waals surface area contributed by atoms with Gasteiger partial charge in [-0.25, -0.2) is 21.9 Å². The van der Waals surface area contributed by atoms with Crippen molar-refractivity contribution in [2.75, 3.05) is 18.8 Å². The number of imide groups is 1. The molecule has 32 heavy (non-hydrogen) atoms. The molecule has 3 amide bonds. The van der Waals surface area contributed by atoms with E-state index in [1.54, 1.807) is 12.1 Å². The normalized spacial score (nSPS) is 22.5. The van der Waals surface area contributed by atoms with Crippen molar-refractivity contribution in [3.05, 3.63) is 71.5 Å². The maximum atomic E-state index is 13.2. The molecular formula is C23H26FN3O4S. The second-order valence-corrected chi connectivity index (χ2v) is 10.4. The lowest BCUT2D eigenvalue weighted by molar-refractivity contribution is -0.123. The van der Waals surface area contributed by atoms with Gasteiger partial charge in [-0.3, -0.25) is 10.1 Å². The average Bonchev–Trinajstić information content (AvgIpc) is 3.06. The van der Waals surface area contributed by atoms with Crippen LogP contribution in [-0.4, -0.2) is 49.0 Å². The molecular weight excluding hydrogens is 433 g/mol. The van der Waals surface area contributed by atoms with Gasteiger partial charge in [-0.2, -0.15) is 0 Å². The van der Waals surface area contributed by atoms with Crippen LogP contribution < -0.4 is 10.6 Å².